The van der Waals surface area contributed by atoms with Gasteiger partial charge in [0.25, 0.3) is 0 Å². The van der Waals surface area contributed by atoms with Crippen LogP contribution in [-0.2, 0) is 4.79 Å². The first kappa shape index (κ1) is 16.6. The van der Waals surface area contributed by atoms with Crippen molar-refractivity contribution in [1.82, 2.24) is 24.1 Å². The van der Waals surface area contributed by atoms with E-state index in [2.05, 4.69) is 23.7 Å². The number of imidazole rings is 1. The van der Waals surface area contributed by atoms with Crippen molar-refractivity contribution in [3.05, 3.63) is 71.6 Å². The number of likely N-dealkylation sites (tertiary alicyclic amines) is 1. The summed E-state index contributed by atoms with van der Waals surface area (Å²) in [5.41, 5.74) is 4.86. The number of aryl methyl sites for hydroxylation is 1. The van der Waals surface area contributed by atoms with Crippen molar-refractivity contribution in [3.63, 3.8) is 0 Å². The number of carbonyl (C=O) groups excluding carboxylic acids is 1. The number of hydrogen-bond donors (Lipinski definition) is 1. The van der Waals surface area contributed by atoms with E-state index in [1.807, 2.05) is 42.9 Å². The second-order valence-electron chi connectivity index (χ2n) is 7.22. The molecule has 0 radical (unpaired) electrons. The number of aromatic nitrogens is 4. The molecule has 1 amide bonds. The molecule has 4 heterocycles. The van der Waals surface area contributed by atoms with E-state index in [-0.39, 0.29) is 17.6 Å². The number of H-pyrrole nitrogens is 1. The quantitative estimate of drug-likeness (QED) is 0.561. The minimum atomic E-state index is -0.0981. The average Bonchev–Trinajstić information content (AvgIpc) is 3.25. The van der Waals surface area contributed by atoms with E-state index in [1.165, 1.54) is 6.08 Å². The number of pyridine rings is 1. The highest BCUT2D eigenvalue weighted by Gasteiger charge is 2.32. The number of carbonyl (C=O) groups is 1. The van der Waals surface area contributed by atoms with Gasteiger partial charge in [0.2, 0.25) is 5.91 Å². The van der Waals surface area contributed by atoms with Gasteiger partial charge >= 0.3 is 5.69 Å². The fraction of sp³-hybridized carbons (Fsp3) is 0.190. The van der Waals surface area contributed by atoms with E-state index in [4.69, 9.17) is 0 Å². The Morgan fingerprint density at radius 1 is 1.25 bits per heavy atom. The van der Waals surface area contributed by atoms with Crippen LogP contribution in [0.15, 0.2) is 60.3 Å². The third kappa shape index (κ3) is 2.32. The molecule has 140 valence electrons. The molecule has 5 rings (SSSR count). The minimum Gasteiger partial charge on any atom is -0.335 e. The number of benzene rings is 1. The minimum absolute atomic E-state index is 0.00112. The number of aromatic amines is 1. The lowest BCUT2D eigenvalue weighted by Crippen LogP contribution is -2.52. The highest BCUT2D eigenvalue weighted by Crippen LogP contribution is 2.31. The lowest BCUT2D eigenvalue weighted by Gasteiger charge is -2.38. The smallest absolute Gasteiger partial charge is 0.333 e. The van der Waals surface area contributed by atoms with Crippen molar-refractivity contribution in [3.8, 4) is 11.1 Å². The normalized spacial score (nSPS) is 14.5. The lowest BCUT2D eigenvalue weighted by molar-refractivity contribution is -0.131. The van der Waals surface area contributed by atoms with Gasteiger partial charge in [0.1, 0.15) is 0 Å². The van der Waals surface area contributed by atoms with E-state index in [1.54, 1.807) is 13.9 Å². The predicted octanol–water partition coefficient (Wildman–Crippen LogP) is 2.52. The van der Waals surface area contributed by atoms with Crippen LogP contribution in [0.3, 0.4) is 0 Å². The number of hydrogen-bond acceptors (Lipinski definition) is 3. The zero-order valence-corrected chi connectivity index (χ0v) is 15.4. The lowest BCUT2D eigenvalue weighted by atomic mass is 9.98. The SMILES string of the molecule is C=CC(=O)N1CC(n2cc3ccc(-c4c(C)ccc5[nH]ncc45)cn3c2=O)C1. The monoisotopic (exact) mass is 373 g/mol. The van der Waals surface area contributed by atoms with Crippen LogP contribution in [0.1, 0.15) is 11.6 Å². The first-order valence-corrected chi connectivity index (χ1v) is 9.14. The molecule has 0 saturated carbocycles. The molecular weight excluding hydrogens is 354 g/mol. The molecule has 1 saturated heterocycles. The van der Waals surface area contributed by atoms with Gasteiger partial charge in [0.15, 0.2) is 0 Å². The maximum atomic E-state index is 13.0. The Morgan fingerprint density at radius 3 is 2.86 bits per heavy atom. The summed E-state index contributed by atoms with van der Waals surface area (Å²) < 4.78 is 3.39. The van der Waals surface area contributed by atoms with Gasteiger partial charge in [0.05, 0.1) is 23.3 Å². The molecule has 0 aliphatic carbocycles. The van der Waals surface area contributed by atoms with Crippen LogP contribution < -0.4 is 5.69 Å². The molecule has 0 atom stereocenters. The molecule has 3 aromatic heterocycles. The largest absolute Gasteiger partial charge is 0.335 e. The van der Waals surface area contributed by atoms with Crippen LogP contribution in [0, 0.1) is 6.92 Å². The van der Waals surface area contributed by atoms with Gasteiger partial charge in [-0.3, -0.25) is 18.9 Å². The Kier molecular flexibility index (Phi) is 3.52. The second kappa shape index (κ2) is 5.95. The number of nitrogens with one attached hydrogen (secondary N) is 1. The molecule has 0 bridgehead atoms. The molecule has 0 unspecified atom stereocenters. The number of nitrogens with zero attached hydrogens (tertiary/aromatic N) is 4. The molecule has 4 aromatic rings. The maximum Gasteiger partial charge on any atom is 0.333 e. The van der Waals surface area contributed by atoms with Crippen LogP contribution in [0.25, 0.3) is 27.5 Å². The molecule has 1 aliphatic rings. The van der Waals surface area contributed by atoms with Gasteiger partial charge in [-0.15, -0.1) is 0 Å². The predicted molar refractivity (Wildman–Crippen MR) is 107 cm³/mol. The van der Waals surface area contributed by atoms with Gasteiger partial charge in [-0.05, 0) is 41.8 Å². The van der Waals surface area contributed by atoms with Gasteiger partial charge in [-0.2, -0.15) is 5.10 Å². The molecular formula is C21H19N5O2. The fourth-order valence-corrected chi connectivity index (χ4v) is 3.96. The summed E-state index contributed by atoms with van der Waals surface area (Å²) in [4.78, 5) is 26.3. The third-order valence-electron chi connectivity index (χ3n) is 5.54. The van der Waals surface area contributed by atoms with Crippen LogP contribution in [-0.4, -0.2) is 43.1 Å². The van der Waals surface area contributed by atoms with Gasteiger partial charge in [-0.1, -0.05) is 18.7 Å². The van der Waals surface area contributed by atoms with Gasteiger partial charge < -0.3 is 4.90 Å². The van der Waals surface area contributed by atoms with Crippen molar-refractivity contribution in [2.24, 2.45) is 0 Å². The van der Waals surface area contributed by atoms with Crippen LogP contribution in [0.4, 0.5) is 0 Å². The Hall–Kier alpha value is -3.61. The van der Waals surface area contributed by atoms with E-state index < -0.39 is 0 Å². The zero-order chi connectivity index (χ0) is 19.4. The van der Waals surface area contributed by atoms with E-state index in [0.29, 0.717) is 13.1 Å². The van der Waals surface area contributed by atoms with Crippen LogP contribution >= 0.6 is 0 Å². The van der Waals surface area contributed by atoms with Gasteiger partial charge in [0, 0.05) is 30.9 Å². The molecule has 7 heteroatoms. The molecule has 1 aromatic carbocycles. The molecule has 28 heavy (non-hydrogen) atoms. The summed E-state index contributed by atoms with van der Waals surface area (Å²) in [5, 5.41) is 8.17. The summed E-state index contributed by atoms with van der Waals surface area (Å²) in [6, 6.07) is 8.04. The summed E-state index contributed by atoms with van der Waals surface area (Å²) in [6.45, 7) is 6.62. The highest BCUT2D eigenvalue weighted by molar-refractivity contribution is 5.96. The van der Waals surface area contributed by atoms with Crippen LogP contribution in [0.2, 0.25) is 0 Å². The van der Waals surface area contributed by atoms with E-state index in [0.717, 1.165) is 33.1 Å². The van der Waals surface area contributed by atoms with Crippen molar-refractivity contribution in [2.45, 2.75) is 13.0 Å². The van der Waals surface area contributed by atoms with Crippen molar-refractivity contribution >= 4 is 22.3 Å². The molecule has 1 fully saturated rings. The fourth-order valence-electron chi connectivity index (χ4n) is 3.96. The Morgan fingerprint density at radius 2 is 2.07 bits per heavy atom. The molecule has 7 nitrogen and oxygen atoms in total. The molecule has 0 spiro atoms. The van der Waals surface area contributed by atoms with Crippen LogP contribution in [0.5, 0.6) is 0 Å². The van der Waals surface area contributed by atoms with E-state index in [9.17, 15) is 9.59 Å². The first-order valence-electron chi connectivity index (χ1n) is 9.14. The highest BCUT2D eigenvalue weighted by atomic mass is 16.2. The van der Waals surface area contributed by atoms with Crippen molar-refractivity contribution in [2.75, 3.05) is 13.1 Å². The Bertz CT molecular complexity index is 1300. The number of fused-ring (bicyclic) bond motifs is 2. The summed E-state index contributed by atoms with van der Waals surface area (Å²) in [5.74, 6) is -0.0981. The van der Waals surface area contributed by atoms with Gasteiger partial charge in [-0.25, -0.2) is 4.79 Å². The summed E-state index contributed by atoms with van der Waals surface area (Å²) in [6.07, 6.45) is 6.86. The van der Waals surface area contributed by atoms with E-state index >= 15 is 0 Å². The zero-order valence-electron chi connectivity index (χ0n) is 15.4. The van der Waals surface area contributed by atoms with Crippen molar-refractivity contribution < 1.29 is 4.79 Å². The number of rotatable bonds is 3. The Balaban J connectivity index is 1.57. The summed E-state index contributed by atoms with van der Waals surface area (Å²) in [7, 11) is 0. The third-order valence-corrected chi connectivity index (χ3v) is 5.54. The average molecular weight is 373 g/mol. The second-order valence-corrected chi connectivity index (χ2v) is 7.22. The summed E-state index contributed by atoms with van der Waals surface area (Å²) >= 11 is 0. The molecule has 1 aliphatic heterocycles. The topological polar surface area (TPSA) is 75.4 Å². The standard InChI is InChI=1S/C21H19N5O2/c1-3-19(27)24-10-16(11-24)26-12-15-6-5-14(9-25(15)21(26)28)20-13(2)4-7-18-17(20)8-22-23-18/h3-9,12,16H,1,10-11H2,2H3,(H,22,23). The molecule has 1 N–H and O–H groups in total. The maximum absolute atomic E-state index is 13.0. The van der Waals surface area contributed by atoms with Crippen molar-refractivity contribution in [1.29, 1.82) is 0 Å². The number of amides is 1. The Labute approximate surface area is 160 Å². The first-order chi connectivity index (χ1) is 13.6.